The quantitative estimate of drug-likeness (QED) is 0.0863. The Morgan fingerprint density at radius 3 is 1.51 bits per heavy atom. The van der Waals surface area contributed by atoms with Crippen molar-refractivity contribution >= 4 is 17.9 Å². The van der Waals surface area contributed by atoms with Crippen molar-refractivity contribution in [2.24, 2.45) is 0 Å². The van der Waals surface area contributed by atoms with E-state index >= 15 is 0 Å². The van der Waals surface area contributed by atoms with Gasteiger partial charge in [-0.05, 0) is 0 Å². The molecule has 0 bridgehead atoms. The van der Waals surface area contributed by atoms with Crippen LogP contribution in [-0.2, 0) is 38.1 Å². The van der Waals surface area contributed by atoms with Gasteiger partial charge < -0.3 is 18.9 Å². The third-order valence-corrected chi connectivity index (χ3v) is 3.74. The SMILES string of the molecule is C=CC(=O)OCCC(F)(F)OC(CC(F)(F)COC(=O)C=C)(OCC(F)(F)COC(=O)C=C)C(F)(F)F. The molecule has 0 aliphatic rings. The van der Waals surface area contributed by atoms with Gasteiger partial charge >= 0.3 is 36.1 Å². The van der Waals surface area contributed by atoms with Crippen molar-refractivity contribution in [2.45, 2.75) is 42.8 Å². The molecule has 1 unspecified atom stereocenters. The van der Waals surface area contributed by atoms with Crippen molar-refractivity contribution < 1.29 is 77.6 Å². The molecule has 0 aliphatic carbocycles. The summed E-state index contributed by atoms with van der Waals surface area (Å²) in [5.74, 6) is -18.8. The lowest BCUT2D eigenvalue weighted by Crippen LogP contribution is -2.58. The minimum absolute atomic E-state index is 0.351. The number of halogens is 9. The summed E-state index contributed by atoms with van der Waals surface area (Å²) in [4.78, 5) is 32.8. The Bertz CT molecular complexity index is 842. The fourth-order valence-electron chi connectivity index (χ4n) is 2.10. The number of hydrogen-bond acceptors (Lipinski definition) is 8. The highest BCUT2D eigenvalue weighted by Crippen LogP contribution is 2.46. The summed E-state index contributed by atoms with van der Waals surface area (Å²) >= 11 is 0. The maximum atomic E-state index is 14.3. The monoisotopic (exact) mass is 560 g/mol. The van der Waals surface area contributed by atoms with Crippen LogP contribution in [0.25, 0.3) is 0 Å². The first-order valence-electron chi connectivity index (χ1n) is 9.65. The molecule has 17 heteroatoms. The molecule has 0 saturated carbocycles. The van der Waals surface area contributed by atoms with E-state index in [0.717, 1.165) is 0 Å². The number of hydrogen-bond donors (Lipinski definition) is 0. The average Bonchev–Trinajstić information content (AvgIpc) is 2.78. The minimum atomic E-state index is -6.34. The van der Waals surface area contributed by atoms with E-state index in [0.29, 0.717) is 18.2 Å². The normalized spacial score (nSPS) is 14.2. The second-order valence-electron chi connectivity index (χ2n) is 6.91. The van der Waals surface area contributed by atoms with Gasteiger partial charge in [0.05, 0.1) is 19.4 Å². The van der Waals surface area contributed by atoms with Gasteiger partial charge in [0.25, 0.3) is 11.7 Å². The molecule has 37 heavy (non-hydrogen) atoms. The largest absolute Gasteiger partial charge is 0.462 e. The second-order valence-corrected chi connectivity index (χ2v) is 6.91. The predicted molar refractivity (Wildman–Crippen MR) is 103 cm³/mol. The van der Waals surface area contributed by atoms with Crippen molar-refractivity contribution in [1.82, 2.24) is 0 Å². The summed E-state index contributed by atoms with van der Waals surface area (Å²) < 4.78 is 146. The molecule has 0 fully saturated rings. The Hall–Kier alpha value is -3.08. The molecule has 0 spiro atoms. The zero-order valence-corrected chi connectivity index (χ0v) is 18.8. The minimum Gasteiger partial charge on any atom is -0.462 e. The van der Waals surface area contributed by atoms with Crippen LogP contribution < -0.4 is 0 Å². The summed E-state index contributed by atoms with van der Waals surface area (Å²) in [6, 6.07) is 0. The number of ether oxygens (including phenoxy) is 5. The molecule has 212 valence electrons. The molecule has 0 amide bonds. The lowest BCUT2D eigenvalue weighted by Gasteiger charge is -2.40. The van der Waals surface area contributed by atoms with E-state index in [1.54, 1.807) is 0 Å². The standard InChI is InChI=1S/C20H21F9O8/c1-4-13(30)33-8-7-19(25,26)37-18(20(27,28)29,9-16(21,22)10-34-14(31)5-2)36-12-17(23,24)11-35-15(32)6-3/h4-6H,1-3,7-12H2. The molecule has 0 N–H and O–H groups in total. The van der Waals surface area contributed by atoms with Crippen molar-refractivity contribution in [3.05, 3.63) is 38.0 Å². The molecule has 0 rings (SSSR count). The summed E-state index contributed by atoms with van der Waals surface area (Å²) in [6.45, 7) is 0.729. The lowest BCUT2D eigenvalue weighted by molar-refractivity contribution is -0.462. The van der Waals surface area contributed by atoms with Gasteiger partial charge in [-0.2, -0.15) is 22.0 Å². The Kier molecular flexibility index (Phi) is 12.3. The summed E-state index contributed by atoms with van der Waals surface area (Å²) in [5.41, 5.74) is 0. The Labute approximate surface area is 203 Å². The van der Waals surface area contributed by atoms with Crippen molar-refractivity contribution in [1.29, 1.82) is 0 Å². The zero-order chi connectivity index (χ0) is 29.1. The number of rotatable bonds is 17. The third-order valence-electron chi connectivity index (χ3n) is 3.74. The van der Waals surface area contributed by atoms with E-state index in [-0.39, 0.29) is 0 Å². The molecule has 0 radical (unpaired) electrons. The molecule has 0 aliphatic heterocycles. The van der Waals surface area contributed by atoms with Gasteiger partial charge in [0.15, 0.2) is 13.2 Å². The second kappa shape index (κ2) is 13.5. The van der Waals surface area contributed by atoms with Crippen LogP contribution in [0.4, 0.5) is 39.5 Å². The number of alkyl halides is 9. The van der Waals surface area contributed by atoms with Gasteiger partial charge in [0, 0.05) is 18.2 Å². The summed E-state index contributed by atoms with van der Waals surface area (Å²) in [6.07, 6.45) is -14.9. The summed E-state index contributed by atoms with van der Waals surface area (Å²) in [7, 11) is 0. The fraction of sp³-hybridized carbons (Fsp3) is 0.550. The van der Waals surface area contributed by atoms with Crippen LogP contribution >= 0.6 is 0 Å². The molecular formula is C20H21F9O8. The average molecular weight is 560 g/mol. The van der Waals surface area contributed by atoms with Crippen molar-refractivity contribution in [2.75, 3.05) is 26.4 Å². The number of carbonyl (C=O) groups is 3. The van der Waals surface area contributed by atoms with Crippen LogP contribution in [0.1, 0.15) is 12.8 Å². The molecule has 8 nitrogen and oxygen atoms in total. The molecule has 0 aromatic rings. The van der Waals surface area contributed by atoms with Gasteiger partial charge in [0.2, 0.25) is 0 Å². The van der Waals surface area contributed by atoms with E-state index in [1.165, 1.54) is 0 Å². The smallest absolute Gasteiger partial charge is 0.443 e. The molecule has 1 atom stereocenters. The highest BCUT2D eigenvalue weighted by Gasteiger charge is 2.66. The predicted octanol–water partition coefficient (Wildman–Crippen LogP) is 4.11. The van der Waals surface area contributed by atoms with Crippen LogP contribution in [0, 0.1) is 0 Å². The van der Waals surface area contributed by atoms with Crippen LogP contribution in [-0.4, -0.2) is 74.3 Å². The van der Waals surface area contributed by atoms with E-state index < -0.39 is 87.1 Å². The number of carbonyl (C=O) groups excluding carboxylic acids is 3. The molecule has 0 aromatic heterocycles. The van der Waals surface area contributed by atoms with Gasteiger partial charge in [-0.25, -0.2) is 31.9 Å². The zero-order valence-electron chi connectivity index (χ0n) is 18.8. The van der Waals surface area contributed by atoms with Crippen LogP contribution in [0.2, 0.25) is 0 Å². The van der Waals surface area contributed by atoms with E-state index in [9.17, 15) is 53.9 Å². The fourth-order valence-corrected chi connectivity index (χ4v) is 2.10. The highest BCUT2D eigenvalue weighted by atomic mass is 19.4. The van der Waals surface area contributed by atoms with Crippen molar-refractivity contribution in [3.63, 3.8) is 0 Å². The van der Waals surface area contributed by atoms with Gasteiger partial charge in [-0.1, -0.05) is 19.7 Å². The molecule has 0 aromatic carbocycles. The van der Waals surface area contributed by atoms with E-state index in [1.807, 2.05) is 0 Å². The van der Waals surface area contributed by atoms with Gasteiger partial charge in [-0.15, -0.1) is 0 Å². The van der Waals surface area contributed by atoms with E-state index in [2.05, 4.69) is 43.4 Å². The maximum Gasteiger partial charge on any atom is 0.443 e. The third kappa shape index (κ3) is 12.6. The Balaban J connectivity index is 6.14. The molecule has 0 heterocycles. The molecular weight excluding hydrogens is 539 g/mol. The van der Waals surface area contributed by atoms with Gasteiger partial charge in [-0.3, -0.25) is 4.74 Å². The first kappa shape index (κ1) is 33.9. The highest BCUT2D eigenvalue weighted by molar-refractivity contribution is 5.81. The van der Waals surface area contributed by atoms with Crippen LogP contribution in [0.5, 0.6) is 0 Å². The van der Waals surface area contributed by atoms with Crippen LogP contribution in [0.3, 0.4) is 0 Å². The topological polar surface area (TPSA) is 97.4 Å². The molecule has 0 saturated heterocycles. The number of esters is 3. The first-order valence-corrected chi connectivity index (χ1v) is 9.65. The Morgan fingerprint density at radius 2 is 1.08 bits per heavy atom. The van der Waals surface area contributed by atoms with E-state index in [4.69, 9.17) is 0 Å². The van der Waals surface area contributed by atoms with Crippen LogP contribution in [0.15, 0.2) is 38.0 Å². The van der Waals surface area contributed by atoms with Gasteiger partial charge in [0.1, 0.15) is 6.61 Å². The lowest BCUT2D eigenvalue weighted by atomic mass is 10.1. The van der Waals surface area contributed by atoms with Crippen molar-refractivity contribution in [3.8, 4) is 0 Å². The Morgan fingerprint density at radius 1 is 0.649 bits per heavy atom. The summed E-state index contributed by atoms with van der Waals surface area (Å²) in [5, 5.41) is 0. The first-order chi connectivity index (χ1) is 16.7. The maximum absolute atomic E-state index is 14.3.